The van der Waals surface area contributed by atoms with Crippen LogP contribution < -0.4 is 5.46 Å². The van der Waals surface area contributed by atoms with Crippen molar-refractivity contribution in [2.75, 3.05) is 0 Å². The van der Waals surface area contributed by atoms with E-state index in [0.29, 0.717) is 5.92 Å². The van der Waals surface area contributed by atoms with Crippen LogP contribution >= 0.6 is 11.6 Å². The zero-order valence-corrected chi connectivity index (χ0v) is 20.6. The molecule has 0 amide bonds. The molecule has 1 spiro atoms. The fourth-order valence-corrected chi connectivity index (χ4v) is 6.83. The number of fused-ring (bicyclic) bond motifs is 8. The number of benzene rings is 2. The molecule has 3 atom stereocenters. The number of halogens is 1. The van der Waals surface area contributed by atoms with E-state index >= 15 is 0 Å². The zero-order valence-electron chi connectivity index (χ0n) is 19.8. The van der Waals surface area contributed by atoms with Gasteiger partial charge in [-0.2, -0.15) is 0 Å². The van der Waals surface area contributed by atoms with Crippen LogP contribution in [0.4, 0.5) is 0 Å². The second kappa shape index (κ2) is 6.75. The first-order valence-electron chi connectivity index (χ1n) is 12.1. The summed E-state index contributed by atoms with van der Waals surface area (Å²) in [6, 6.07) is 13.4. The van der Waals surface area contributed by atoms with Crippen LogP contribution in [0.2, 0.25) is 5.02 Å². The van der Waals surface area contributed by atoms with Gasteiger partial charge in [-0.3, -0.25) is 0 Å². The smallest absolute Gasteiger partial charge is 0.399 e. The molecule has 1 aliphatic heterocycles. The van der Waals surface area contributed by atoms with Gasteiger partial charge in [-0.15, -0.1) is 0 Å². The van der Waals surface area contributed by atoms with E-state index in [9.17, 15) is 0 Å². The maximum atomic E-state index is 6.57. The second-order valence-electron chi connectivity index (χ2n) is 11.5. The highest BCUT2D eigenvalue weighted by Gasteiger charge is 2.53. The molecule has 4 aliphatic rings. The Morgan fingerprint density at radius 2 is 1.59 bits per heavy atom. The maximum absolute atomic E-state index is 6.57. The minimum atomic E-state index is -0.343. The van der Waals surface area contributed by atoms with Gasteiger partial charge in [0.2, 0.25) is 0 Å². The molecular formula is C28H32BClO2. The fraction of sp³-hybridized carbons (Fsp3) is 0.500. The third-order valence-corrected chi connectivity index (χ3v) is 9.17. The highest BCUT2D eigenvalue weighted by atomic mass is 35.5. The van der Waals surface area contributed by atoms with Gasteiger partial charge in [-0.25, -0.2) is 0 Å². The van der Waals surface area contributed by atoms with Crippen LogP contribution in [-0.2, 0) is 14.7 Å². The van der Waals surface area contributed by atoms with E-state index < -0.39 is 0 Å². The molecule has 0 aromatic heterocycles. The van der Waals surface area contributed by atoms with Crippen molar-refractivity contribution in [1.82, 2.24) is 0 Å². The minimum absolute atomic E-state index is 0.0691. The minimum Gasteiger partial charge on any atom is -0.399 e. The molecule has 2 nitrogen and oxygen atoms in total. The lowest BCUT2D eigenvalue weighted by molar-refractivity contribution is 0.00578. The molecule has 2 fully saturated rings. The highest BCUT2D eigenvalue weighted by molar-refractivity contribution is 6.62. The van der Waals surface area contributed by atoms with Crippen LogP contribution in [0.15, 0.2) is 48.0 Å². The molecule has 1 saturated heterocycles. The summed E-state index contributed by atoms with van der Waals surface area (Å²) in [6.45, 7) is 10.9. The Bertz CT molecular complexity index is 1130. The quantitative estimate of drug-likeness (QED) is 0.359. The first-order valence-corrected chi connectivity index (χ1v) is 12.5. The summed E-state index contributed by atoms with van der Waals surface area (Å²) < 4.78 is 12.8. The summed E-state index contributed by atoms with van der Waals surface area (Å²) in [5.74, 6) is 1.45. The summed E-state index contributed by atoms with van der Waals surface area (Å²) in [5.41, 5.74) is 7.45. The Labute approximate surface area is 197 Å². The Hall–Kier alpha value is -1.55. The predicted molar refractivity (Wildman–Crippen MR) is 133 cm³/mol. The summed E-state index contributed by atoms with van der Waals surface area (Å²) >= 11 is 6.57. The van der Waals surface area contributed by atoms with Crippen molar-refractivity contribution in [3.05, 3.63) is 64.2 Å². The van der Waals surface area contributed by atoms with Gasteiger partial charge in [0.05, 0.1) is 11.2 Å². The number of allylic oxidation sites excluding steroid dienone is 2. The Morgan fingerprint density at radius 3 is 2.31 bits per heavy atom. The molecule has 2 bridgehead atoms. The van der Waals surface area contributed by atoms with Gasteiger partial charge < -0.3 is 9.31 Å². The Kier molecular flexibility index (Phi) is 4.43. The van der Waals surface area contributed by atoms with Crippen molar-refractivity contribution >= 4 is 24.2 Å². The zero-order chi connectivity index (χ0) is 22.5. The average Bonchev–Trinajstić information content (AvgIpc) is 3.11. The number of hydrogen-bond acceptors (Lipinski definition) is 2. The van der Waals surface area contributed by atoms with E-state index in [1.165, 1.54) is 41.5 Å². The molecule has 2 aromatic rings. The van der Waals surface area contributed by atoms with Crippen LogP contribution in [0.25, 0.3) is 11.1 Å². The van der Waals surface area contributed by atoms with Gasteiger partial charge in [0.25, 0.3) is 0 Å². The fourth-order valence-electron chi connectivity index (χ4n) is 6.66. The van der Waals surface area contributed by atoms with Crippen molar-refractivity contribution in [2.24, 2.45) is 11.8 Å². The van der Waals surface area contributed by atoms with Crippen LogP contribution in [0, 0.1) is 11.8 Å². The molecule has 32 heavy (non-hydrogen) atoms. The van der Waals surface area contributed by atoms with Crippen LogP contribution in [0.3, 0.4) is 0 Å². The second-order valence-corrected chi connectivity index (χ2v) is 11.9. The third kappa shape index (κ3) is 2.80. The first kappa shape index (κ1) is 21.0. The van der Waals surface area contributed by atoms with Gasteiger partial charge in [-0.1, -0.05) is 54.4 Å². The van der Waals surface area contributed by atoms with E-state index in [2.05, 4.69) is 71.0 Å². The van der Waals surface area contributed by atoms with Crippen molar-refractivity contribution in [2.45, 2.75) is 76.9 Å². The molecule has 166 valence electrons. The molecule has 3 unspecified atom stereocenters. The number of hydrogen-bond donors (Lipinski definition) is 0. The Morgan fingerprint density at radius 1 is 0.938 bits per heavy atom. The lowest BCUT2D eigenvalue weighted by Crippen LogP contribution is -2.41. The van der Waals surface area contributed by atoms with Crippen LogP contribution in [-0.4, -0.2) is 18.3 Å². The van der Waals surface area contributed by atoms with Crippen molar-refractivity contribution < 1.29 is 9.31 Å². The Balaban J connectivity index is 1.54. The van der Waals surface area contributed by atoms with E-state index in [0.717, 1.165) is 22.8 Å². The summed E-state index contributed by atoms with van der Waals surface area (Å²) in [4.78, 5) is 0. The SMILES string of the molecule is CC1C=C2CC(CCC23c2cc(Cl)ccc2-c2ccc(B4OC(C)(C)C(C)(C)O4)cc23)C1. The molecule has 6 rings (SSSR count). The molecular weight excluding hydrogens is 415 g/mol. The van der Waals surface area contributed by atoms with E-state index in [-0.39, 0.29) is 23.7 Å². The monoisotopic (exact) mass is 446 g/mol. The molecule has 4 heteroatoms. The number of rotatable bonds is 1. The lowest BCUT2D eigenvalue weighted by atomic mass is 9.58. The van der Waals surface area contributed by atoms with Gasteiger partial charge in [0.1, 0.15) is 0 Å². The molecule has 2 aromatic carbocycles. The van der Waals surface area contributed by atoms with E-state index in [1.54, 1.807) is 5.57 Å². The molecule has 1 saturated carbocycles. The summed E-state index contributed by atoms with van der Waals surface area (Å²) in [7, 11) is -0.342. The molecule has 1 heterocycles. The predicted octanol–water partition coefficient (Wildman–Crippen LogP) is 6.67. The van der Waals surface area contributed by atoms with Gasteiger partial charge >= 0.3 is 7.12 Å². The van der Waals surface area contributed by atoms with Gasteiger partial charge in [0.15, 0.2) is 0 Å². The van der Waals surface area contributed by atoms with Crippen molar-refractivity contribution in [3.63, 3.8) is 0 Å². The third-order valence-electron chi connectivity index (χ3n) is 8.94. The maximum Gasteiger partial charge on any atom is 0.494 e. The molecule has 3 aliphatic carbocycles. The van der Waals surface area contributed by atoms with Crippen LogP contribution in [0.1, 0.15) is 71.4 Å². The molecule has 0 radical (unpaired) electrons. The largest absolute Gasteiger partial charge is 0.494 e. The highest BCUT2D eigenvalue weighted by Crippen LogP contribution is 2.60. The topological polar surface area (TPSA) is 18.5 Å². The van der Waals surface area contributed by atoms with Crippen molar-refractivity contribution in [1.29, 1.82) is 0 Å². The van der Waals surface area contributed by atoms with E-state index in [4.69, 9.17) is 20.9 Å². The molecule has 0 N–H and O–H groups in total. The average molecular weight is 447 g/mol. The van der Waals surface area contributed by atoms with Gasteiger partial charge in [0, 0.05) is 10.4 Å². The summed E-state index contributed by atoms with van der Waals surface area (Å²) in [5, 5.41) is 0.827. The standard InChI is InChI=1S/C28H32BClO2/c1-17-12-18-10-11-28(19(13-17)14-18)24-15-20(29-31-26(2,3)27(4,5)32-29)6-8-22(24)23-9-7-21(30)16-25(23)28/h6-9,13,15-18H,10-12,14H2,1-5H3. The summed E-state index contributed by atoms with van der Waals surface area (Å²) in [6.07, 6.45) is 7.52. The van der Waals surface area contributed by atoms with Crippen molar-refractivity contribution in [3.8, 4) is 11.1 Å². The van der Waals surface area contributed by atoms with Crippen LogP contribution in [0.5, 0.6) is 0 Å². The lowest BCUT2D eigenvalue weighted by Gasteiger charge is -2.45. The van der Waals surface area contributed by atoms with Gasteiger partial charge in [-0.05, 0) is 105 Å². The first-order chi connectivity index (χ1) is 15.1. The van der Waals surface area contributed by atoms with E-state index in [1.807, 2.05) is 6.07 Å². The normalized spacial score (nSPS) is 31.4.